The second-order valence-electron chi connectivity index (χ2n) is 9.11. The normalized spacial score (nSPS) is 19.8. The highest BCUT2D eigenvalue weighted by molar-refractivity contribution is 7.89. The summed E-state index contributed by atoms with van der Waals surface area (Å²) >= 11 is 0. The predicted molar refractivity (Wildman–Crippen MR) is 106 cm³/mol. The molecule has 0 unspecified atom stereocenters. The third-order valence-corrected chi connectivity index (χ3v) is 6.47. The zero-order valence-electron chi connectivity index (χ0n) is 17.4. The van der Waals surface area contributed by atoms with Crippen molar-refractivity contribution in [2.24, 2.45) is 11.7 Å². The lowest BCUT2D eigenvalue weighted by molar-refractivity contribution is -0.119. The Bertz CT molecular complexity index is 848. The first-order valence-electron chi connectivity index (χ1n) is 9.29. The van der Waals surface area contributed by atoms with Crippen LogP contribution >= 0.6 is 0 Å². The minimum atomic E-state index is -4.12. The maximum absolute atomic E-state index is 13.2. The van der Waals surface area contributed by atoms with E-state index in [4.69, 9.17) is 10.5 Å². The van der Waals surface area contributed by atoms with Gasteiger partial charge in [0, 0.05) is 5.92 Å². The van der Waals surface area contributed by atoms with Crippen molar-refractivity contribution in [3.8, 4) is 0 Å². The van der Waals surface area contributed by atoms with Gasteiger partial charge in [0.2, 0.25) is 0 Å². The van der Waals surface area contributed by atoms with Crippen molar-refractivity contribution in [1.29, 1.82) is 0 Å². The fraction of sp³-hybridized carbons (Fsp3) is 0.600. The van der Waals surface area contributed by atoms with Gasteiger partial charge in [0.05, 0.1) is 17.0 Å². The molecule has 0 saturated heterocycles. The lowest BCUT2D eigenvalue weighted by Gasteiger charge is -2.35. The Morgan fingerprint density at radius 1 is 1.11 bits per heavy atom. The molecule has 28 heavy (non-hydrogen) atoms. The summed E-state index contributed by atoms with van der Waals surface area (Å²) in [5.41, 5.74) is 4.47. The SMILES string of the molecule is CC(C)(C)OC(=O)N(C(C)(C)C)S(=O)(=O)c1ccc([C@@H]2C[C@H]2C(=O)CN)cc1. The molecule has 7 nitrogen and oxygen atoms in total. The van der Waals surface area contributed by atoms with Gasteiger partial charge in [0.15, 0.2) is 0 Å². The summed E-state index contributed by atoms with van der Waals surface area (Å²) < 4.78 is 32.4. The van der Waals surface area contributed by atoms with Gasteiger partial charge >= 0.3 is 6.09 Å². The Hall–Kier alpha value is -1.93. The zero-order chi connectivity index (χ0) is 21.5. The molecular weight excluding hydrogens is 380 g/mol. The number of ketones is 1. The van der Waals surface area contributed by atoms with Gasteiger partial charge in [-0.3, -0.25) is 4.79 Å². The van der Waals surface area contributed by atoms with Gasteiger partial charge in [-0.15, -0.1) is 0 Å². The smallest absolute Gasteiger partial charge is 0.424 e. The van der Waals surface area contributed by atoms with Crippen LogP contribution in [0.3, 0.4) is 0 Å². The lowest BCUT2D eigenvalue weighted by atomic mass is 10.1. The van der Waals surface area contributed by atoms with Crippen LogP contribution in [0.2, 0.25) is 0 Å². The highest BCUT2D eigenvalue weighted by atomic mass is 32.2. The number of nitrogens with zero attached hydrogens (tertiary/aromatic N) is 1. The molecule has 0 heterocycles. The van der Waals surface area contributed by atoms with Crippen molar-refractivity contribution >= 4 is 21.9 Å². The van der Waals surface area contributed by atoms with Crippen LogP contribution in [0.25, 0.3) is 0 Å². The Balaban J connectivity index is 2.30. The number of carbonyl (C=O) groups excluding carboxylic acids is 2. The molecule has 1 aromatic rings. The number of Topliss-reactive ketones (excluding diaryl/α,β-unsaturated/α-hetero) is 1. The first kappa shape index (κ1) is 22.4. The maximum atomic E-state index is 13.2. The van der Waals surface area contributed by atoms with E-state index in [0.29, 0.717) is 0 Å². The molecule has 0 bridgehead atoms. The summed E-state index contributed by atoms with van der Waals surface area (Å²) in [4.78, 5) is 24.3. The average Bonchev–Trinajstić information content (AvgIpc) is 3.31. The van der Waals surface area contributed by atoms with E-state index in [0.717, 1.165) is 16.3 Å². The zero-order valence-corrected chi connectivity index (χ0v) is 18.2. The second kappa shape index (κ2) is 7.48. The first-order valence-corrected chi connectivity index (χ1v) is 10.7. The summed E-state index contributed by atoms with van der Waals surface area (Å²) in [7, 11) is -4.12. The molecule has 1 aliphatic carbocycles. The molecule has 8 heteroatoms. The predicted octanol–water partition coefficient (Wildman–Crippen LogP) is 3.04. The Labute approximate surface area is 167 Å². The van der Waals surface area contributed by atoms with Crippen LogP contribution in [0.5, 0.6) is 0 Å². The molecule has 2 atom stereocenters. The monoisotopic (exact) mass is 410 g/mol. The Morgan fingerprint density at radius 3 is 2.07 bits per heavy atom. The van der Waals surface area contributed by atoms with Gasteiger partial charge in [0.25, 0.3) is 10.0 Å². The van der Waals surface area contributed by atoms with Crippen molar-refractivity contribution in [2.75, 3.05) is 6.54 Å². The number of nitrogens with two attached hydrogens (primary N) is 1. The van der Waals surface area contributed by atoms with Gasteiger partial charge in [0.1, 0.15) is 11.4 Å². The van der Waals surface area contributed by atoms with E-state index in [1.54, 1.807) is 53.7 Å². The quantitative estimate of drug-likeness (QED) is 0.799. The topological polar surface area (TPSA) is 107 Å². The molecule has 2 N–H and O–H groups in total. The van der Waals surface area contributed by atoms with Crippen LogP contribution in [-0.2, 0) is 19.6 Å². The highest BCUT2D eigenvalue weighted by Crippen LogP contribution is 2.48. The van der Waals surface area contributed by atoms with Gasteiger partial charge in [-0.05, 0) is 71.6 Å². The van der Waals surface area contributed by atoms with Crippen LogP contribution in [0.1, 0.15) is 59.4 Å². The third-order valence-electron chi connectivity index (χ3n) is 4.42. The number of benzene rings is 1. The van der Waals surface area contributed by atoms with E-state index in [1.165, 1.54) is 12.1 Å². The van der Waals surface area contributed by atoms with Crippen molar-refractivity contribution in [2.45, 2.75) is 69.9 Å². The van der Waals surface area contributed by atoms with Crippen LogP contribution in [0.4, 0.5) is 4.79 Å². The molecular formula is C20H30N2O5S. The maximum Gasteiger partial charge on any atom is 0.424 e. The molecule has 0 radical (unpaired) electrons. The summed E-state index contributed by atoms with van der Waals surface area (Å²) in [5.74, 6) is 0.0169. The van der Waals surface area contributed by atoms with Crippen LogP contribution in [0.15, 0.2) is 29.2 Å². The molecule has 156 valence electrons. The van der Waals surface area contributed by atoms with E-state index in [-0.39, 0.29) is 29.1 Å². The molecule has 0 aliphatic heterocycles. The van der Waals surface area contributed by atoms with E-state index >= 15 is 0 Å². The lowest BCUT2D eigenvalue weighted by Crippen LogP contribution is -2.51. The van der Waals surface area contributed by atoms with Crippen LogP contribution < -0.4 is 5.73 Å². The molecule has 0 aromatic heterocycles. The fourth-order valence-corrected chi connectivity index (χ4v) is 4.74. The average molecular weight is 411 g/mol. The summed E-state index contributed by atoms with van der Waals surface area (Å²) in [6.45, 7) is 9.97. The Kier molecular flexibility index (Phi) is 5.97. The molecule has 0 spiro atoms. The van der Waals surface area contributed by atoms with Gasteiger partial charge < -0.3 is 10.5 Å². The molecule has 1 saturated carbocycles. The van der Waals surface area contributed by atoms with Crippen molar-refractivity contribution in [1.82, 2.24) is 4.31 Å². The van der Waals surface area contributed by atoms with Crippen LogP contribution in [-0.4, -0.2) is 42.3 Å². The highest BCUT2D eigenvalue weighted by Gasteiger charge is 2.44. The minimum Gasteiger partial charge on any atom is -0.443 e. The number of hydrogen-bond acceptors (Lipinski definition) is 6. The summed E-state index contributed by atoms with van der Waals surface area (Å²) in [5, 5.41) is 0. The minimum absolute atomic E-state index is 0.000569. The molecule has 1 amide bonds. The third kappa shape index (κ3) is 4.91. The van der Waals surface area contributed by atoms with E-state index in [2.05, 4.69) is 0 Å². The number of rotatable bonds is 5. The van der Waals surface area contributed by atoms with E-state index in [9.17, 15) is 18.0 Å². The molecule has 1 aliphatic rings. The Morgan fingerprint density at radius 2 is 1.64 bits per heavy atom. The van der Waals surface area contributed by atoms with Crippen molar-refractivity contribution in [3.63, 3.8) is 0 Å². The fourth-order valence-electron chi connectivity index (χ4n) is 3.10. The molecule has 1 fully saturated rings. The van der Waals surface area contributed by atoms with Gasteiger partial charge in [-0.2, -0.15) is 4.31 Å². The standard InChI is InChI=1S/C20H30N2O5S/c1-19(2,3)22(18(24)27-20(4,5)6)28(25,26)14-9-7-13(8-10-14)15-11-16(15)17(23)12-21/h7-10,15-16H,11-12,21H2,1-6H3/t15-,16+/m0/s1. The second-order valence-corrected chi connectivity index (χ2v) is 10.9. The van der Waals surface area contributed by atoms with Crippen LogP contribution in [0, 0.1) is 5.92 Å². The largest absolute Gasteiger partial charge is 0.443 e. The van der Waals surface area contributed by atoms with E-state index in [1.807, 2.05) is 0 Å². The number of carbonyl (C=O) groups is 2. The van der Waals surface area contributed by atoms with Gasteiger partial charge in [-0.1, -0.05) is 12.1 Å². The number of ether oxygens (including phenoxy) is 1. The number of amides is 1. The number of sulfonamides is 1. The van der Waals surface area contributed by atoms with E-state index < -0.39 is 27.3 Å². The first-order chi connectivity index (χ1) is 12.7. The summed E-state index contributed by atoms with van der Waals surface area (Å²) in [6, 6.07) is 6.32. The molecule has 2 rings (SSSR count). The molecule has 1 aromatic carbocycles. The van der Waals surface area contributed by atoms with Crippen molar-refractivity contribution < 1.29 is 22.7 Å². The summed E-state index contributed by atoms with van der Waals surface area (Å²) in [6.07, 6.45) is -0.186. The van der Waals surface area contributed by atoms with Gasteiger partial charge in [-0.25, -0.2) is 13.2 Å². The number of hydrogen-bond donors (Lipinski definition) is 1. The van der Waals surface area contributed by atoms with Crippen molar-refractivity contribution in [3.05, 3.63) is 29.8 Å².